The van der Waals surface area contributed by atoms with Crippen molar-refractivity contribution in [3.8, 4) is 27.9 Å². The van der Waals surface area contributed by atoms with E-state index in [2.05, 4.69) is 228 Å². The van der Waals surface area contributed by atoms with E-state index in [9.17, 15) is 0 Å². The third kappa shape index (κ3) is 5.79. The Morgan fingerprint density at radius 2 is 1.18 bits per heavy atom. The maximum Gasteiger partial charge on any atom is 0.0542 e. The Labute approximate surface area is 351 Å². The largest absolute Gasteiger partial charge is 0.310 e. The van der Waals surface area contributed by atoms with Gasteiger partial charge in [0, 0.05) is 39.4 Å². The summed E-state index contributed by atoms with van der Waals surface area (Å²) in [6.07, 6.45) is 16.0. The van der Waals surface area contributed by atoms with E-state index in [0.717, 1.165) is 35.6 Å². The minimum Gasteiger partial charge on any atom is -0.310 e. The van der Waals surface area contributed by atoms with Crippen LogP contribution in [0.2, 0.25) is 0 Å². The molecule has 3 aliphatic carbocycles. The highest BCUT2D eigenvalue weighted by Gasteiger charge is 2.30. The van der Waals surface area contributed by atoms with Crippen molar-refractivity contribution in [3.05, 3.63) is 241 Å². The summed E-state index contributed by atoms with van der Waals surface area (Å²) in [6.45, 7) is 0. The van der Waals surface area contributed by atoms with Gasteiger partial charge in [-0.05, 0) is 129 Å². The number of hydrogen-bond donors (Lipinski definition) is 0. The Morgan fingerprint density at radius 3 is 2.00 bits per heavy atom. The van der Waals surface area contributed by atoms with Crippen LogP contribution in [0.1, 0.15) is 11.1 Å². The van der Waals surface area contributed by atoms with E-state index in [4.69, 9.17) is 0 Å². The summed E-state index contributed by atoms with van der Waals surface area (Å²) in [6, 6.07) is 67.2. The molecule has 0 radical (unpaired) electrons. The summed E-state index contributed by atoms with van der Waals surface area (Å²) >= 11 is 0. The molecule has 2 nitrogen and oxygen atoms in total. The van der Waals surface area contributed by atoms with Crippen LogP contribution in [0.25, 0.3) is 60.5 Å². The Morgan fingerprint density at radius 1 is 0.483 bits per heavy atom. The van der Waals surface area contributed by atoms with Gasteiger partial charge < -0.3 is 9.47 Å². The van der Waals surface area contributed by atoms with Crippen LogP contribution in [0.5, 0.6) is 0 Å². The summed E-state index contributed by atoms with van der Waals surface area (Å²) in [5.41, 5.74) is 17.6. The normalized spacial score (nSPS) is 16.6. The van der Waals surface area contributed by atoms with Crippen molar-refractivity contribution < 1.29 is 0 Å². The number of para-hydroxylation sites is 2. The molecule has 0 saturated heterocycles. The van der Waals surface area contributed by atoms with Crippen molar-refractivity contribution in [2.75, 3.05) is 4.90 Å². The van der Waals surface area contributed by atoms with E-state index < -0.39 is 0 Å². The predicted molar refractivity (Wildman–Crippen MR) is 253 cm³/mol. The number of rotatable bonds is 6. The van der Waals surface area contributed by atoms with Gasteiger partial charge in [0.15, 0.2) is 0 Å². The summed E-state index contributed by atoms with van der Waals surface area (Å²) in [4.78, 5) is 2.40. The van der Waals surface area contributed by atoms with Crippen molar-refractivity contribution in [3.63, 3.8) is 0 Å². The second-order valence-electron chi connectivity index (χ2n) is 16.5. The molecular weight excluding hydrogens is 725 g/mol. The maximum absolute atomic E-state index is 2.48. The minimum absolute atomic E-state index is 0.456. The summed E-state index contributed by atoms with van der Waals surface area (Å²) in [5, 5.41) is 5.17. The van der Waals surface area contributed by atoms with Gasteiger partial charge in [-0.25, -0.2) is 0 Å². The van der Waals surface area contributed by atoms with Crippen molar-refractivity contribution in [2.24, 2.45) is 11.8 Å². The van der Waals surface area contributed by atoms with Crippen LogP contribution in [0.4, 0.5) is 17.1 Å². The van der Waals surface area contributed by atoms with Gasteiger partial charge in [0.2, 0.25) is 0 Å². The average molecular weight is 767 g/mol. The standard InChI is InChI=1S/C58H42N2/c1-3-11-40(12-4-1)41-22-27-48(28-23-41)59(50-31-34-57-55(38-50)53-19-7-8-20-56(53)60(57)47-17-5-2-6-18-47)49-29-24-42(25-30-49)51-33-26-44-37-46-16-10-14-43-13-9-15-45(58(43)46)35-39-21-32-52(51)54(44)36-39/h1-34,36,38,45,58H,35,37H2. The molecular formula is C58H42N2. The van der Waals surface area contributed by atoms with Crippen LogP contribution in [0.3, 0.4) is 0 Å². The van der Waals surface area contributed by atoms with Gasteiger partial charge in [0.1, 0.15) is 0 Å². The smallest absolute Gasteiger partial charge is 0.0542 e. The highest BCUT2D eigenvalue weighted by molar-refractivity contribution is 6.10. The Balaban J connectivity index is 0.966. The van der Waals surface area contributed by atoms with Crippen LogP contribution in [-0.4, -0.2) is 4.57 Å². The Kier molecular flexibility index (Phi) is 8.16. The van der Waals surface area contributed by atoms with Gasteiger partial charge >= 0.3 is 0 Å². The monoisotopic (exact) mass is 766 g/mol. The number of hydrogen-bond acceptors (Lipinski definition) is 1. The molecule has 0 spiro atoms. The Hall–Kier alpha value is -7.42. The first kappa shape index (κ1) is 34.6. The van der Waals surface area contributed by atoms with E-state index in [1.54, 1.807) is 0 Å². The molecule has 0 amide bonds. The number of benzene rings is 8. The lowest BCUT2D eigenvalue weighted by Crippen LogP contribution is -2.23. The molecule has 9 aromatic rings. The third-order valence-corrected chi connectivity index (χ3v) is 13.1. The van der Waals surface area contributed by atoms with Gasteiger partial charge in [-0.15, -0.1) is 0 Å². The molecule has 2 bridgehead atoms. The molecule has 284 valence electrons. The SMILES string of the molecule is C1=CC2=CC=CC3Cc4ccc5c(-c6ccc(N(c7ccc(-c8ccccc8)cc7)c7ccc8c(c7)c7ccccc7n8-c7ccccc7)cc6)ccc(c5c4)CC(=C1)C23. The van der Waals surface area contributed by atoms with E-state index in [1.165, 1.54) is 77.1 Å². The summed E-state index contributed by atoms with van der Waals surface area (Å²) < 4.78 is 2.38. The molecule has 8 aromatic carbocycles. The van der Waals surface area contributed by atoms with E-state index in [1.807, 2.05) is 0 Å². The van der Waals surface area contributed by atoms with Crippen LogP contribution in [-0.2, 0) is 12.8 Å². The molecule has 0 N–H and O–H groups in total. The van der Waals surface area contributed by atoms with Crippen LogP contribution in [0, 0.1) is 11.8 Å². The van der Waals surface area contributed by atoms with Gasteiger partial charge in [0.05, 0.1) is 11.0 Å². The zero-order chi connectivity index (χ0) is 39.6. The van der Waals surface area contributed by atoms with E-state index in [-0.39, 0.29) is 0 Å². The number of fused-ring (bicyclic) bond motifs is 4. The molecule has 2 unspecified atom stereocenters. The minimum atomic E-state index is 0.456. The topological polar surface area (TPSA) is 8.17 Å². The Bertz CT molecular complexity index is 3230. The molecule has 60 heavy (non-hydrogen) atoms. The van der Waals surface area contributed by atoms with Gasteiger partial charge in [0.25, 0.3) is 0 Å². The molecule has 0 fully saturated rings. The van der Waals surface area contributed by atoms with Crippen LogP contribution >= 0.6 is 0 Å². The molecule has 2 atom stereocenters. The summed E-state index contributed by atoms with van der Waals surface area (Å²) in [5.74, 6) is 0.943. The highest BCUT2D eigenvalue weighted by atomic mass is 15.1. The molecule has 12 rings (SSSR count). The van der Waals surface area contributed by atoms with Crippen molar-refractivity contribution >= 4 is 49.6 Å². The number of allylic oxidation sites excluding steroid dienone is 8. The first-order chi connectivity index (χ1) is 29.7. The zero-order valence-corrected chi connectivity index (χ0v) is 33.2. The van der Waals surface area contributed by atoms with Crippen LogP contribution in [0.15, 0.2) is 230 Å². The molecule has 3 aliphatic rings. The molecule has 0 aliphatic heterocycles. The average Bonchev–Trinajstić information content (AvgIpc) is 3.66. The number of nitrogens with zero attached hydrogens (tertiary/aromatic N) is 2. The highest BCUT2D eigenvalue weighted by Crippen LogP contribution is 2.44. The van der Waals surface area contributed by atoms with E-state index >= 15 is 0 Å². The predicted octanol–water partition coefficient (Wildman–Crippen LogP) is 15.1. The second-order valence-corrected chi connectivity index (χ2v) is 16.5. The lowest BCUT2D eigenvalue weighted by molar-refractivity contribution is 0.500. The van der Waals surface area contributed by atoms with E-state index in [0.29, 0.717) is 11.8 Å². The lowest BCUT2D eigenvalue weighted by Gasteiger charge is -2.32. The van der Waals surface area contributed by atoms with Crippen molar-refractivity contribution in [1.82, 2.24) is 4.57 Å². The van der Waals surface area contributed by atoms with Gasteiger partial charge in [-0.2, -0.15) is 0 Å². The fourth-order valence-corrected chi connectivity index (χ4v) is 10.3. The fourth-order valence-electron chi connectivity index (χ4n) is 10.3. The fraction of sp³-hybridized carbons (Fsp3) is 0.0690. The first-order valence-electron chi connectivity index (χ1n) is 21.2. The number of aromatic nitrogens is 1. The summed E-state index contributed by atoms with van der Waals surface area (Å²) in [7, 11) is 0. The molecule has 2 heteroatoms. The molecule has 0 saturated carbocycles. The molecule has 1 aromatic heterocycles. The van der Waals surface area contributed by atoms with Crippen molar-refractivity contribution in [1.29, 1.82) is 0 Å². The third-order valence-electron chi connectivity index (χ3n) is 13.1. The lowest BCUT2D eigenvalue weighted by atomic mass is 9.72. The molecule has 1 heterocycles. The first-order valence-corrected chi connectivity index (χ1v) is 21.2. The second kappa shape index (κ2) is 14.1. The zero-order valence-electron chi connectivity index (χ0n) is 33.2. The van der Waals surface area contributed by atoms with Crippen LogP contribution < -0.4 is 4.90 Å². The quantitative estimate of drug-likeness (QED) is 0.164. The van der Waals surface area contributed by atoms with Crippen molar-refractivity contribution in [2.45, 2.75) is 12.8 Å². The van der Waals surface area contributed by atoms with Gasteiger partial charge in [-0.3, -0.25) is 0 Å². The van der Waals surface area contributed by atoms with Gasteiger partial charge in [-0.1, -0.05) is 163 Å². The maximum atomic E-state index is 2.48. The number of anilines is 3.